The van der Waals surface area contributed by atoms with Gasteiger partial charge in [0.05, 0.1) is 32.4 Å². The van der Waals surface area contributed by atoms with Crippen molar-refractivity contribution in [1.82, 2.24) is 29.8 Å². The number of hydrogen-bond donors (Lipinski definition) is 1. The van der Waals surface area contributed by atoms with E-state index in [0.717, 1.165) is 33.7 Å². The molecule has 0 aromatic carbocycles. The van der Waals surface area contributed by atoms with E-state index < -0.39 is 11.7 Å². The molecule has 5 heterocycles. The molecule has 216 valence electrons. The van der Waals surface area contributed by atoms with Crippen LogP contribution in [0.2, 0.25) is 0 Å². The molecule has 4 aromatic heterocycles. The summed E-state index contributed by atoms with van der Waals surface area (Å²) in [5, 5.41) is 6.87. The number of halogens is 3. The Hall–Kier alpha value is -3.65. The minimum Gasteiger partial charge on any atom is -0.337 e. The van der Waals surface area contributed by atoms with Gasteiger partial charge in [-0.05, 0) is 38.8 Å². The number of thiazole rings is 2. The van der Waals surface area contributed by atoms with E-state index in [1.807, 2.05) is 42.9 Å². The van der Waals surface area contributed by atoms with Gasteiger partial charge >= 0.3 is 6.18 Å². The Morgan fingerprint density at radius 3 is 2.24 bits per heavy atom. The van der Waals surface area contributed by atoms with Crippen LogP contribution >= 0.6 is 22.7 Å². The fourth-order valence-corrected chi connectivity index (χ4v) is 6.56. The van der Waals surface area contributed by atoms with Crippen LogP contribution in [-0.4, -0.2) is 60.9 Å². The van der Waals surface area contributed by atoms with E-state index in [9.17, 15) is 18.0 Å². The average molecular weight is 603 g/mol. The molecule has 0 spiro atoms. The van der Waals surface area contributed by atoms with Crippen molar-refractivity contribution in [3.05, 3.63) is 57.9 Å². The van der Waals surface area contributed by atoms with Crippen molar-refractivity contribution in [2.24, 2.45) is 0 Å². The highest BCUT2D eigenvalue weighted by molar-refractivity contribution is 7.16. The van der Waals surface area contributed by atoms with Gasteiger partial charge in [0.1, 0.15) is 5.82 Å². The summed E-state index contributed by atoms with van der Waals surface area (Å²) in [7, 11) is 0. The van der Waals surface area contributed by atoms with Crippen LogP contribution in [0, 0.1) is 13.8 Å². The number of aromatic nitrogens is 5. The van der Waals surface area contributed by atoms with Crippen molar-refractivity contribution in [1.29, 1.82) is 0 Å². The van der Waals surface area contributed by atoms with Gasteiger partial charge in [0, 0.05) is 49.1 Å². The SMILES string of the molecule is CCC1CN(c2ncc(C(F)(F)F)cn2)CC(CC)N1C(=O)c1ccc(Nc2nc(-c3sc(C)nc3C)cs2)nc1. The maximum atomic E-state index is 13.7. The molecule has 2 atom stereocenters. The van der Waals surface area contributed by atoms with Crippen LogP contribution in [-0.2, 0) is 6.18 Å². The fourth-order valence-electron chi connectivity index (χ4n) is 4.89. The maximum absolute atomic E-state index is 13.7. The van der Waals surface area contributed by atoms with Gasteiger partial charge in [-0.15, -0.1) is 22.7 Å². The van der Waals surface area contributed by atoms with Crippen molar-refractivity contribution in [3.63, 3.8) is 0 Å². The molecule has 1 fully saturated rings. The summed E-state index contributed by atoms with van der Waals surface area (Å²) in [5.74, 6) is 0.663. The number of amides is 1. The highest BCUT2D eigenvalue weighted by atomic mass is 32.1. The second-order valence-corrected chi connectivity index (χ2v) is 11.8. The molecule has 0 bridgehead atoms. The van der Waals surface area contributed by atoms with E-state index in [4.69, 9.17) is 0 Å². The highest BCUT2D eigenvalue weighted by Gasteiger charge is 2.38. The number of aryl methyl sites for hydroxylation is 2. The minimum atomic E-state index is -4.50. The average Bonchev–Trinajstić information content (AvgIpc) is 3.56. The van der Waals surface area contributed by atoms with Crippen LogP contribution in [0.5, 0.6) is 0 Å². The third kappa shape index (κ3) is 6.17. The Morgan fingerprint density at radius 2 is 1.71 bits per heavy atom. The fraction of sp³-hybridized carbons (Fsp3) is 0.407. The number of hydrogen-bond acceptors (Lipinski definition) is 10. The number of rotatable bonds is 7. The van der Waals surface area contributed by atoms with Gasteiger partial charge in [-0.1, -0.05) is 13.8 Å². The molecule has 1 aliphatic rings. The third-order valence-corrected chi connectivity index (χ3v) is 8.81. The number of carbonyl (C=O) groups is 1. The van der Waals surface area contributed by atoms with Gasteiger partial charge in [-0.2, -0.15) is 13.2 Å². The molecule has 1 aliphatic heterocycles. The normalized spacial score (nSPS) is 17.6. The lowest BCUT2D eigenvalue weighted by Crippen LogP contribution is -2.60. The maximum Gasteiger partial charge on any atom is 0.419 e. The van der Waals surface area contributed by atoms with Crippen LogP contribution < -0.4 is 10.2 Å². The largest absolute Gasteiger partial charge is 0.419 e. The van der Waals surface area contributed by atoms with Crippen LogP contribution in [0.3, 0.4) is 0 Å². The lowest BCUT2D eigenvalue weighted by atomic mass is 10.0. The van der Waals surface area contributed by atoms with Gasteiger partial charge < -0.3 is 15.1 Å². The van der Waals surface area contributed by atoms with E-state index >= 15 is 0 Å². The zero-order valence-electron chi connectivity index (χ0n) is 22.9. The molecule has 1 saturated heterocycles. The van der Waals surface area contributed by atoms with E-state index in [1.165, 1.54) is 11.3 Å². The number of anilines is 3. The molecular weight excluding hydrogens is 573 g/mol. The summed E-state index contributed by atoms with van der Waals surface area (Å²) in [6.45, 7) is 8.75. The molecule has 4 aromatic rings. The van der Waals surface area contributed by atoms with Crippen molar-refractivity contribution < 1.29 is 18.0 Å². The Balaban J connectivity index is 1.28. The highest BCUT2D eigenvalue weighted by Crippen LogP contribution is 2.33. The smallest absolute Gasteiger partial charge is 0.337 e. The van der Waals surface area contributed by atoms with Crippen LogP contribution in [0.4, 0.5) is 30.1 Å². The zero-order chi connectivity index (χ0) is 29.3. The van der Waals surface area contributed by atoms with E-state index in [0.29, 0.717) is 42.4 Å². The minimum absolute atomic E-state index is 0.136. The summed E-state index contributed by atoms with van der Waals surface area (Å²) in [6.07, 6.45) is -0.00624. The Labute approximate surface area is 243 Å². The molecule has 1 N–H and O–H groups in total. The topological polar surface area (TPSA) is 100 Å². The van der Waals surface area contributed by atoms with Crippen molar-refractivity contribution in [3.8, 4) is 10.6 Å². The molecule has 1 amide bonds. The zero-order valence-corrected chi connectivity index (χ0v) is 24.6. The number of alkyl halides is 3. The molecule has 2 unspecified atom stereocenters. The molecule has 5 rings (SSSR count). The number of carbonyl (C=O) groups excluding carboxylic acids is 1. The summed E-state index contributed by atoms with van der Waals surface area (Å²) in [6, 6.07) is 3.16. The predicted molar refractivity (Wildman–Crippen MR) is 154 cm³/mol. The van der Waals surface area contributed by atoms with Gasteiger partial charge in [-0.25, -0.2) is 24.9 Å². The first kappa shape index (κ1) is 28.9. The van der Waals surface area contributed by atoms with Gasteiger partial charge in [0.15, 0.2) is 5.13 Å². The number of pyridine rings is 1. The first-order valence-electron chi connectivity index (χ1n) is 13.2. The van der Waals surface area contributed by atoms with E-state index in [-0.39, 0.29) is 23.9 Å². The Kier molecular flexibility index (Phi) is 8.23. The quantitative estimate of drug-likeness (QED) is 0.261. The van der Waals surface area contributed by atoms with Gasteiger partial charge in [0.2, 0.25) is 5.95 Å². The Bertz CT molecular complexity index is 1490. The first-order chi connectivity index (χ1) is 19.6. The summed E-state index contributed by atoms with van der Waals surface area (Å²) >= 11 is 3.07. The summed E-state index contributed by atoms with van der Waals surface area (Å²) in [4.78, 5) is 40.0. The molecule has 14 heteroatoms. The molecule has 0 radical (unpaired) electrons. The van der Waals surface area contributed by atoms with Crippen molar-refractivity contribution in [2.75, 3.05) is 23.3 Å². The molecule has 0 aliphatic carbocycles. The van der Waals surface area contributed by atoms with Crippen LogP contribution in [0.25, 0.3) is 10.6 Å². The van der Waals surface area contributed by atoms with E-state index in [2.05, 4.69) is 30.2 Å². The summed E-state index contributed by atoms with van der Waals surface area (Å²) in [5.41, 5.74) is 1.39. The van der Waals surface area contributed by atoms with Crippen LogP contribution in [0.15, 0.2) is 36.1 Å². The third-order valence-electron chi connectivity index (χ3n) is 6.96. The lowest BCUT2D eigenvalue weighted by molar-refractivity contribution is -0.138. The van der Waals surface area contributed by atoms with Crippen molar-refractivity contribution >= 4 is 45.5 Å². The van der Waals surface area contributed by atoms with Crippen molar-refractivity contribution in [2.45, 2.75) is 58.8 Å². The number of nitrogens with zero attached hydrogens (tertiary/aromatic N) is 7. The summed E-state index contributed by atoms with van der Waals surface area (Å²) < 4.78 is 38.9. The van der Waals surface area contributed by atoms with E-state index in [1.54, 1.807) is 29.7 Å². The monoisotopic (exact) mass is 602 g/mol. The van der Waals surface area contributed by atoms with Gasteiger partial charge in [-0.3, -0.25) is 4.79 Å². The first-order valence-corrected chi connectivity index (χ1v) is 14.9. The molecular formula is C27H29F3N8OS2. The number of piperazine rings is 1. The molecule has 0 saturated carbocycles. The molecule has 41 heavy (non-hydrogen) atoms. The predicted octanol–water partition coefficient (Wildman–Crippen LogP) is 6.35. The van der Waals surface area contributed by atoms with Crippen LogP contribution in [0.1, 0.15) is 53.3 Å². The Morgan fingerprint density at radius 1 is 1.02 bits per heavy atom. The standard InChI is InChI=1S/C27H29F3N8OS2/c1-5-19-12-37(25-32-10-18(11-33-25)27(28,29)30)13-20(6-2)38(19)24(39)17-7-8-22(31-9-17)36-26-35-21(14-40-26)23-15(3)34-16(4)41-23/h7-11,14,19-20H,5-6,12-13H2,1-4H3,(H,31,35,36). The molecule has 9 nitrogen and oxygen atoms in total. The second kappa shape index (κ2) is 11.7. The van der Waals surface area contributed by atoms with Gasteiger partial charge in [0.25, 0.3) is 5.91 Å². The number of nitrogens with one attached hydrogen (secondary N) is 1. The lowest BCUT2D eigenvalue weighted by Gasteiger charge is -2.46. The second-order valence-electron chi connectivity index (χ2n) is 9.75.